The van der Waals surface area contributed by atoms with Gasteiger partial charge < -0.3 is 28.7 Å². The summed E-state index contributed by atoms with van der Waals surface area (Å²) in [6.07, 6.45) is 1.78. The first-order valence-electron chi connectivity index (χ1n) is 16.2. The lowest BCUT2D eigenvalue weighted by molar-refractivity contribution is 0.266. The van der Waals surface area contributed by atoms with E-state index in [0.29, 0.717) is 13.2 Å². The summed E-state index contributed by atoms with van der Waals surface area (Å²) in [6.45, 7) is 1.24. The molecule has 0 bridgehead atoms. The largest absolute Gasteiger partial charge is 0.497 e. The Kier molecular flexibility index (Phi) is 10.8. The number of hydrogen-bond acceptors (Lipinski definition) is 6. The summed E-state index contributed by atoms with van der Waals surface area (Å²) in [5.41, 5.74) is 6.36. The molecule has 6 aromatic rings. The van der Waals surface area contributed by atoms with Crippen molar-refractivity contribution in [3.63, 3.8) is 0 Å². The summed E-state index contributed by atoms with van der Waals surface area (Å²) < 4.78 is 22.9. The maximum Gasteiger partial charge on any atom is 0.119 e. The Morgan fingerprint density at radius 1 is 0.333 bits per heavy atom. The van der Waals surface area contributed by atoms with Gasteiger partial charge >= 0.3 is 0 Å². The van der Waals surface area contributed by atoms with Crippen LogP contribution in [-0.4, -0.2) is 27.4 Å². The molecule has 0 aliphatic carbocycles. The summed E-state index contributed by atoms with van der Waals surface area (Å²) in [4.78, 5) is 4.43. The quantitative estimate of drug-likeness (QED) is 0.105. The third kappa shape index (κ3) is 8.09. The smallest absolute Gasteiger partial charge is 0.119 e. The highest BCUT2D eigenvalue weighted by atomic mass is 16.5. The second-order valence-electron chi connectivity index (χ2n) is 11.1. The standard InChI is InChI=1S/C42H40N2O4/c1-45-39-23-15-35(16-24-39)43(33-11-5-3-6-12-33)37-19-27-41(28-20-37)47-31-9-10-32-48-42-29-21-38(22-30-42)44(34-13-7-4-8-14-34)36-17-25-40(46-2)26-18-36/h3-8,11-30H,9-10,31-32H2,1-2H3. The van der Waals surface area contributed by atoms with Gasteiger partial charge in [0.1, 0.15) is 23.0 Å². The highest BCUT2D eigenvalue weighted by Crippen LogP contribution is 2.37. The van der Waals surface area contributed by atoms with Gasteiger partial charge in [-0.1, -0.05) is 36.4 Å². The average Bonchev–Trinajstić information content (AvgIpc) is 3.16. The number of nitrogens with zero attached hydrogens (tertiary/aromatic N) is 2. The summed E-state index contributed by atoms with van der Waals surface area (Å²) in [7, 11) is 3.36. The summed E-state index contributed by atoms with van der Waals surface area (Å²) in [6, 6.07) is 53.3. The molecule has 0 aromatic heterocycles. The van der Waals surface area contributed by atoms with Crippen LogP contribution in [-0.2, 0) is 0 Å². The van der Waals surface area contributed by atoms with Crippen molar-refractivity contribution in [3.05, 3.63) is 158 Å². The lowest BCUT2D eigenvalue weighted by atomic mass is 10.2. The molecule has 0 fully saturated rings. The van der Waals surface area contributed by atoms with Crippen LogP contribution in [0.15, 0.2) is 158 Å². The van der Waals surface area contributed by atoms with Crippen LogP contribution in [0.2, 0.25) is 0 Å². The highest BCUT2D eigenvalue weighted by molar-refractivity contribution is 5.78. The maximum atomic E-state index is 6.07. The van der Waals surface area contributed by atoms with E-state index in [4.69, 9.17) is 18.9 Å². The van der Waals surface area contributed by atoms with Crippen LogP contribution in [0, 0.1) is 0 Å². The first kappa shape index (κ1) is 32.1. The van der Waals surface area contributed by atoms with Crippen LogP contribution in [0.4, 0.5) is 34.1 Å². The van der Waals surface area contributed by atoms with E-state index < -0.39 is 0 Å². The van der Waals surface area contributed by atoms with E-state index in [1.165, 1.54) is 0 Å². The first-order chi connectivity index (χ1) is 23.7. The van der Waals surface area contributed by atoms with Crippen molar-refractivity contribution in [2.45, 2.75) is 12.8 Å². The molecule has 48 heavy (non-hydrogen) atoms. The molecule has 0 spiro atoms. The predicted molar refractivity (Wildman–Crippen MR) is 196 cm³/mol. The van der Waals surface area contributed by atoms with Crippen molar-refractivity contribution in [2.24, 2.45) is 0 Å². The number of anilines is 6. The molecular weight excluding hydrogens is 596 g/mol. The molecule has 0 aliphatic rings. The first-order valence-corrected chi connectivity index (χ1v) is 16.2. The molecule has 242 valence electrons. The molecule has 0 amide bonds. The van der Waals surface area contributed by atoms with Crippen molar-refractivity contribution in [1.29, 1.82) is 0 Å². The summed E-state index contributed by atoms with van der Waals surface area (Å²) in [5, 5.41) is 0. The SMILES string of the molecule is COc1ccc(N(c2ccccc2)c2ccc(OCCCCOc3ccc(N(c4ccccc4)c4ccc(OC)cc4)cc3)cc2)cc1. The normalized spacial score (nSPS) is 10.6. The molecule has 0 saturated carbocycles. The van der Waals surface area contributed by atoms with Gasteiger partial charge in [-0.25, -0.2) is 0 Å². The Morgan fingerprint density at radius 2 is 0.604 bits per heavy atom. The van der Waals surface area contributed by atoms with Crippen LogP contribution < -0.4 is 28.7 Å². The molecular formula is C42H40N2O4. The predicted octanol–water partition coefficient (Wildman–Crippen LogP) is 10.9. The van der Waals surface area contributed by atoms with Gasteiger partial charge in [-0.05, 0) is 134 Å². The van der Waals surface area contributed by atoms with Gasteiger partial charge in [0.05, 0.1) is 27.4 Å². The van der Waals surface area contributed by atoms with E-state index in [-0.39, 0.29) is 0 Å². The number of rotatable bonds is 15. The Morgan fingerprint density at radius 3 is 0.896 bits per heavy atom. The topological polar surface area (TPSA) is 43.4 Å². The molecule has 0 unspecified atom stereocenters. The van der Waals surface area contributed by atoms with Crippen molar-refractivity contribution in [1.82, 2.24) is 0 Å². The van der Waals surface area contributed by atoms with E-state index in [9.17, 15) is 0 Å². The molecule has 6 rings (SSSR count). The number of para-hydroxylation sites is 2. The Labute approximate surface area is 283 Å². The Bertz CT molecular complexity index is 1670. The molecule has 0 saturated heterocycles. The lowest BCUT2D eigenvalue weighted by Gasteiger charge is -2.25. The summed E-state index contributed by atoms with van der Waals surface area (Å²) >= 11 is 0. The average molecular weight is 637 g/mol. The minimum atomic E-state index is 0.621. The Hall–Kier alpha value is -5.88. The molecule has 6 aromatic carbocycles. The third-order valence-corrected chi connectivity index (χ3v) is 7.96. The molecule has 0 N–H and O–H groups in total. The second-order valence-corrected chi connectivity index (χ2v) is 11.1. The van der Waals surface area contributed by atoms with Crippen LogP contribution in [0.3, 0.4) is 0 Å². The van der Waals surface area contributed by atoms with Gasteiger partial charge in [-0.3, -0.25) is 0 Å². The van der Waals surface area contributed by atoms with Gasteiger partial charge in [-0.2, -0.15) is 0 Å². The fraction of sp³-hybridized carbons (Fsp3) is 0.143. The van der Waals surface area contributed by atoms with Crippen molar-refractivity contribution in [3.8, 4) is 23.0 Å². The number of benzene rings is 6. The van der Waals surface area contributed by atoms with E-state index >= 15 is 0 Å². The minimum Gasteiger partial charge on any atom is -0.497 e. The third-order valence-electron chi connectivity index (χ3n) is 7.96. The maximum absolute atomic E-state index is 6.07. The van der Waals surface area contributed by atoms with E-state index in [1.807, 2.05) is 84.9 Å². The zero-order valence-electron chi connectivity index (χ0n) is 27.4. The van der Waals surface area contributed by atoms with Gasteiger partial charge in [-0.15, -0.1) is 0 Å². The van der Waals surface area contributed by atoms with Gasteiger partial charge in [0.2, 0.25) is 0 Å². The van der Waals surface area contributed by atoms with Crippen LogP contribution >= 0.6 is 0 Å². The van der Waals surface area contributed by atoms with Crippen molar-refractivity contribution >= 4 is 34.1 Å². The number of methoxy groups -OCH3 is 2. The number of ether oxygens (including phenoxy) is 4. The Balaban J connectivity index is 1.00. The molecule has 6 nitrogen and oxygen atoms in total. The molecule has 6 heteroatoms. The van der Waals surface area contributed by atoms with Crippen LogP contribution in [0.5, 0.6) is 23.0 Å². The fourth-order valence-electron chi connectivity index (χ4n) is 5.48. The van der Waals surface area contributed by atoms with Gasteiger partial charge in [0.15, 0.2) is 0 Å². The van der Waals surface area contributed by atoms with E-state index in [2.05, 4.69) is 82.6 Å². The van der Waals surface area contributed by atoms with Gasteiger partial charge in [0.25, 0.3) is 0 Å². The highest BCUT2D eigenvalue weighted by Gasteiger charge is 2.14. The molecule has 0 atom stereocenters. The van der Waals surface area contributed by atoms with Crippen LogP contribution in [0.25, 0.3) is 0 Å². The molecule has 0 radical (unpaired) electrons. The monoisotopic (exact) mass is 636 g/mol. The number of unbranched alkanes of at least 4 members (excludes halogenated alkanes) is 1. The summed E-state index contributed by atoms with van der Waals surface area (Å²) in [5.74, 6) is 3.35. The lowest BCUT2D eigenvalue weighted by Crippen LogP contribution is -2.10. The van der Waals surface area contributed by atoms with Crippen molar-refractivity contribution in [2.75, 3.05) is 37.2 Å². The second kappa shape index (κ2) is 16.1. The fourth-order valence-corrected chi connectivity index (χ4v) is 5.48. The van der Waals surface area contributed by atoms with E-state index in [1.54, 1.807) is 14.2 Å². The zero-order valence-corrected chi connectivity index (χ0v) is 27.4. The van der Waals surface area contributed by atoms with E-state index in [0.717, 1.165) is 70.0 Å². The van der Waals surface area contributed by atoms with Gasteiger partial charge in [0, 0.05) is 34.1 Å². The molecule has 0 aliphatic heterocycles. The molecule has 0 heterocycles. The van der Waals surface area contributed by atoms with Crippen LogP contribution in [0.1, 0.15) is 12.8 Å². The minimum absolute atomic E-state index is 0.621. The zero-order chi connectivity index (χ0) is 33.0. The number of hydrogen-bond donors (Lipinski definition) is 0. The van der Waals surface area contributed by atoms with Crippen molar-refractivity contribution < 1.29 is 18.9 Å².